The van der Waals surface area contributed by atoms with Crippen LogP contribution >= 0.6 is 0 Å². The highest BCUT2D eigenvalue weighted by Crippen LogP contribution is 2.24. The van der Waals surface area contributed by atoms with Crippen molar-refractivity contribution in [2.45, 2.75) is 59.0 Å². The van der Waals surface area contributed by atoms with Gasteiger partial charge in [0, 0.05) is 12.5 Å². The van der Waals surface area contributed by atoms with Crippen molar-refractivity contribution in [3.8, 4) is 0 Å². The first-order valence-corrected chi connectivity index (χ1v) is 10.4. The smallest absolute Gasteiger partial charge is 0.223 e. The second kappa shape index (κ2) is 8.17. The molecule has 4 rings (SSSR count). The van der Waals surface area contributed by atoms with Gasteiger partial charge >= 0.3 is 0 Å². The summed E-state index contributed by atoms with van der Waals surface area (Å²) in [6.07, 6.45) is 5.64. The summed E-state index contributed by atoms with van der Waals surface area (Å²) >= 11 is 0. The van der Waals surface area contributed by atoms with Crippen LogP contribution in [0.25, 0.3) is 11.0 Å². The van der Waals surface area contributed by atoms with Crippen molar-refractivity contribution in [2.24, 2.45) is 5.92 Å². The summed E-state index contributed by atoms with van der Waals surface area (Å²) in [6, 6.07) is 14.8. The van der Waals surface area contributed by atoms with E-state index in [0.717, 1.165) is 36.2 Å². The number of hydrogen-bond donors (Lipinski definition) is 1. The number of nitrogens with one attached hydrogen (secondary N) is 1. The maximum absolute atomic E-state index is 12.6. The molecule has 1 N–H and O–H groups in total. The van der Waals surface area contributed by atoms with Crippen LogP contribution in [0.2, 0.25) is 0 Å². The van der Waals surface area contributed by atoms with Crippen LogP contribution in [0.1, 0.15) is 54.6 Å². The molecule has 1 amide bonds. The second-order valence-corrected chi connectivity index (χ2v) is 8.09. The molecule has 4 heteroatoms. The molecule has 0 spiro atoms. The maximum Gasteiger partial charge on any atom is 0.223 e. The molecule has 146 valence electrons. The fourth-order valence-corrected chi connectivity index (χ4v) is 4.25. The van der Waals surface area contributed by atoms with Gasteiger partial charge in [0.15, 0.2) is 0 Å². The Morgan fingerprint density at radius 3 is 2.71 bits per heavy atom. The van der Waals surface area contributed by atoms with Gasteiger partial charge in [-0.05, 0) is 49.9 Å². The number of aromatic nitrogens is 2. The van der Waals surface area contributed by atoms with E-state index in [1.165, 1.54) is 36.0 Å². The largest absolute Gasteiger partial charge is 0.349 e. The van der Waals surface area contributed by atoms with Crippen molar-refractivity contribution >= 4 is 16.9 Å². The molecule has 1 fully saturated rings. The summed E-state index contributed by atoms with van der Waals surface area (Å²) in [4.78, 5) is 17.4. The Morgan fingerprint density at radius 2 is 1.89 bits per heavy atom. The maximum atomic E-state index is 12.6. The van der Waals surface area contributed by atoms with E-state index in [2.05, 4.69) is 48.0 Å². The Balaban J connectivity index is 1.60. The minimum Gasteiger partial charge on any atom is -0.349 e. The highest BCUT2D eigenvalue weighted by Gasteiger charge is 2.21. The number of para-hydroxylation sites is 2. The first kappa shape index (κ1) is 18.7. The molecule has 1 aromatic heterocycles. The standard InChI is InChI=1S/C24H29N3O/c1-17-12-13-18(2)20(14-17)16-27-22-11-7-6-10-21(22)26-23(27)15-25-24(28)19-8-4-3-5-9-19/h6-7,10-14,19H,3-5,8-9,15-16H2,1-2H3,(H,25,28). The Hall–Kier alpha value is -2.62. The number of benzene rings is 2. The molecule has 1 saturated carbocycles. The zero-order valence-corrected chi connectivity index (χ0v) is 16.9. The van der Waals surface area contributed by atoms with Crippen LogP contribution in [0.5, 0.6) is 0 Å². The van der Waals surface area contributed by atoms with Crippen LogP contribution in [0.3, 0.4) is 0 Å². The third-order valence-corrected chi connectivity index (χ3v) is 5.96. The quantitative estimate of drug-likeness (QED) is 0.689. The van der Waals surface area contributed by atoms with Crippen molar-refractivity contribution in [1.29, 1.82) is 0 Å². The lowest BCUT2D eigenvalue weighted by Crippen LogP contribution is -2.32. The van der Waals surface area contributed by atoms with Gasteiger partial charge in [-0.25, -0.2) is 4.98 Å². The summed E-state index contributed by atoms with van der Waals surface area (Å²) in [7, 11) is 0. The zero-order chi connectivity index (χ0) is 19.5. The highest BCUT2D eigenvalue weighted by atomic mass is 16.1. The first-order chi connectivity index (χ1) is 13.6. The molecular weight excluding hydrogens is 346 g/mol. The van der Waals surface area contributed by atoms with Crippen molar-refractivity contribution in [3.05, 3.63) is 65.0 Å². The monoisotopic (exact) mass is 375 g/mol. The van der Waals surface area contributed by atoms with Crippen molar-refractivity contribution < 1.29 is 4.79 Å². The van der Waals surface area contributed by atoms with Crippen molar-refractivity contribution in [2.75, 3.05) is 0 Å². The van der Waals surface area contributed by atoms with E-state index in [1.54, 1.807) is 0 Å². The average Bonchev–Trinajstić information content (AvgIpc) is 3.07. The zero-order valence-electron chi connectivity index (χ0n) is 16.9. The summed E-state index contributed by atoms with van der Waals surface area (Å²) in [5.41, 5.74) is 5.93. The molecule has 1 heterocycles. The molecule has 0 bridgehead atoms. The van der Waals surface area contributed by atoms with Crippen molar-refractivity contribution in [3.63, 3.8) is 0 Å². The lowest BCUT2D eigenvalue weighted by atomic mass is 9.89. The molecule has 0 radical (unpaired) electrons. The van der Waals surface area contributed by atoms with Gasteiger partial charge in [-0.3, -0.25) is 4.79 Å². The van der Waals surface area contributed by atoms with Gasteiger partial charge in [0.2, 0.25) is 5.91 Å². The summed E-state index contributed by atoms with van der Waals surface area (Å²) in [5, 5.41) is 3.16. The van der Waals surface area contributed by atoms with Crippen LogP contribution in [-0.2, 0) is 17.9 Å². The third kappa shape index (κ3) is 3.96. The van der Waals surface area contributed by atoms with Crippen LogP contribution < -0.4 is 5.32 Å². The SMILES string of the molecule is Cc1ccc(C)c(Cn2c(CNC(=O)C3CCCCC3)nc3ccccc32)c1. The number of rotatable bonds is 5. The molecule has 4 nitrogen and oxygen atoms in total. The number of amides is 1. The van der Waals surface area contributed by atoms with E-state index in [-0.39, 0.29) is 11.8 Å². The van der Waals surface area contributed by atoms with E-state index in [1.807, 2.05) is 18.2 Å². The molecular formula is C24H29N3O. The van der Waals surface area contributed by atoms with E-state index >= 15 is 0 Å². The normalized spacial score (nSPS) is 15.1. The number of nitrogens with zero attached hydrogens (tertiary/aromatic N) is 2. The van der Waals surface area contributed by atoms with E-state index < -0.39 is 0 Å². The average molecular weight is 376 g/mol. The molecule has 1 aliphatic rings. The molecule has 3 aromatic rings. The molecule has 0 unspecified atom stereocenters. The van der Waals surface area contributed by atoms with Gasteiger partial charge < -0.3 is 9.88 Å². The van der Waals surface area contributed by atoms with Crippen molar-refractivity contribution in [1.82, 2.24) is 14.9 Å². The van der Waals surface area contributed by atoms with Crippen LogP contribution in [-0.4, -0.2) is 15.5 Å². The Kier molecular flexibility index (Phi) is 5.47. The van der Waals surface area contributed by atoms with Gasteiger partial charge in [-0.1, -0.05) is 55.2 Å². The fourth-order valence-electron chi connectivity index (χ4n) is 4.25. The number of aryl methyl sites for hydroxylation is 2. The predicted molar refractivity (Wildman–Crippen MR) is 113 cm³/mol. The predicted octanol–water partition coefficient (Wildman–Crippen LogP) is 4.90. The van der Waals surface area contributed by atoms with E-state index in [9.17, 15) is 4.79 Å². The van der Waals surface area contributed by atoms with Gasteiger partial charge in [0.25, 0.3) is 0 Å². The molecule has 0 aliphatic heterocycles. The van der Waals surface area contributed by atoms with Gasteiger partial charge in [0.1, 0.15) is 5.82 Å². The van der Waals surface area contributed by atoms with Gasteiger partial charge in [-0.2, -0.15) is 0 Å². The molecule has 28 heavy (non-hydrogen) atoms. The summed E-state index contributed by atoms with van der Waals surface area (Å²) in [6.45, 7) is 5.52. The Labute approximate surface area is 167 Å². The first-order valence-electron chi connectivity index (χ1n) is 10.4. The minimum absolute atomic E-state index is 0.172. The minimum atomic E-state index is 0.172. The third-order valence-electron chi connectivity index (χ3n) is 5.96. The van der Waals surface area contributed by atoms with Gasteiger partial charge in [0.05, 0.1) is 17.6 Å². The number of imidazole rings is 1. The number of carbonyl (C=O) groups is 1. The topological polar surface area (TPSA) is 46.9 Å². The van der Waals surface area contributed by atoms with Gasteiger partial charge in [-0.15, -0.1) is 0 Å². The Morgan fingerprint density at radius 1 is 1.11 bits per heavy atom. The van der Waals surface area contributed by atoms with Crippen LogP contribution in [0, 0.1) is 19.8 Å². The van der Waals surface area contributed by atoms with E-state index in [4.69, 9.17) is 4.98 Å². The molecule has 0 atom stereocenters. The van der Waals surface area contributed by atoms with Crippen LogP contribution in [0.15, 0.2) is 42.5 Å². The number of hydrogen-bond acceptors (Lipinski definition) is 2. The molecule has 2 aromatic carbocycles. The number of fused-ring (bicyclic) bond motifs is 1. The summed E-state index contributed by atoms with van der Waals surface area (Å²) < 4.78 is 2.25. The lowest BCUT2D eigenvalue weighted by molar-refractivity contribution is -0.126. The summed E-state index contributed by atoms with van der Waals surface area (Å²) in [5.74, 6) is 1.28. The van der Waals surface area contributed by atoms with Crippen LogP contribution in [0.4, 0.5) is 0 Å². The highest BCUT2D eigenvalue weighted by molar-refractivity contribution is 5.79. The fraction of sp³-hybridized carbons (Fsp3) is 0.417. The second-order valence-electron chi connectivity index (χ2n) is 8.09. The number of carbonyl (C=O) groups excluding carboxylic acids is 1. The molecule has 0 saturated heterocycles. The van der Waals surface area contributed by atoms with E-state index in [0.29, 0.717) is 6.54 Å². The lowest BCUT2D eigenvalue weighted by Gasteiger charge is -2.21. The molecule has 1 aliphatic carbocycles. The Bertz CT molecular complexity index is 983.